The maximum Gasteiger partial charge on any atom is 0.306 e. The zero-order valence-electron chi connectivity index (χ0n) is 19.7. The van der Waals surface area contributed by atoms with Crippen molar-refractivity contribution in [2.45, 2.75) is 76.8 Å². The zero-order chi connectivity index (χ0) is 23.0. The van der Waals surface area contributed by atoms with E-state index in [1.807, 2.05) is 6.92 Å². The fourth-order valence-corrected chi connectivity index (χ4v) is 4.78. The Bertz CT molecular complexity index is 941. The number of aryl methyl sites for hydroxylation is 1. The highest BCUT2D eigenvalue weighted by Crippen LogP contribution is 2.35. The van der Waals surface area contributed by atoms with E-state index in [0.29, 0.717) is 25.0 Å². The molecule has 1 aromatic carbocycles. The van der Waals surface area contributed by atoms with Crippen molar-refractivity contribution in [2.75, 3.05) is 6.61 Å². The molecule has 0 radical (unpaired) electrons. The number of allylic oxidation sites excluding steroid dienone is 4. The number of benzene rings is 1. The van der Waals surface area contributed by atoms with Crippen molar-refractivity contribution >= 4 is 5.97 Å². The van der Waals surface area contributed by atoms with Gasteiger partial charge in [0.05, 0.1) is 12.6 Å². The lowest BCUT2D eigenvalue weighted by Gasteiger charge is -2.26. The Morgan fingerprint density at radius 1 is 1.21 bits per heavy atom. The molecule has 0 spiro atoms. The van der Waals surface area contributed by atoms with E-state index in [0.717, 1.165) is 43.6 Å². The second kappa shape index (κ2) is 11.4. The van der Waals surface area contributed by atoms with Crippen molar-refractivity contribution in [3.8, 4) is 0 Å². The van der Waals surface area contributed by atoms with E-state index in [1.54, 1.807) is 12.5 Å². The quantitative estimate of drug-likeness (QED) is 0.483. The van der Waals surface area contributed by atoms with Crippen molar-refractivity contribution in [3.05, 3.63) is 83.2 Å². The van der Waals surface area contributed by atoms with Crippen LogP contribution in [0.5, 0.6) is 0 Å². The molecule has 3 aliphatic rings. The van der Waals surface area contributed by atoms with E-state index in [2.05, 4.69) is 54.7 Å². The van der Waals surface area contributed by atoms with Crippen molar-refractivity contribution in [2.24, 2.45) is 0 Å². The lowest BCUT2D eigenvalue weighted by Crippen LogP contribution is -2.37. The van der Waals surface area contributed by atoms with Gasteiger partial charge < -0.3 is 19.5 Å². The summed E-state index contributed by atoms with van der Waals surface area (Å²) in [5, 5.41) is 3.74. The van der Waals surface area contributed by atoms with Crippen LogP contribution >= 0.6 is 0 Å². The minimum absolute atomic E-state index is 0.0856. The molecule has 176 valence electrons. The molecular weight excluding hydrogens is 414 g/mol. The molecule has 1 fully saturated rings. The van der Waals surface area contributed by atoms with Gasteiger partial charge in [0.15, 0.2) is 11.5 Å². The maximum absolute atomic E-state index is 11.6. The monoisotopic (exact) mass is 449 g/mol. The average Bonchev–Trinajstić information content (AvgIpc) is 3.32. The van der Waals surface area contributed by atoms with Gasteiger partial charge in [-0.05, 0) is 75.0 Å². The third-order valence-corrected chi connectivity index (χ3v) is 6.64. The van der Waals surface area contributed by atoms with Gasteiger partial charge in [0.25, 0.3) is 0 Å². The van der Waals surface area contributed by atoms with E-state index >= 15 is 0 Å². The molecule has 1 saturated carbocycles. The number of carbonyl (C=O) groups excluding carboxylic acids is 1. The van der Waals surface area contributed by atoms with Crippen LogP contribution in [-0.2, 0) is 25.4 Å². The lowest BCUT2D eigenvalue weighted by atomic mass is 9.95. The Morgan fingerprint density at radius 3 is 2.82 bits per heavy atom. The minimum Gasteiger partial charge on any atom is -0.466 e. The second-order valence-electron chi connectivity index (χ2n) is 9.04. The number of esters is 1. The van der Waals surface area contributed by atoms with Crippen LogP contribution in [0, 0.1) is 0 Å². The molecule has 2 aliphatic carbocycles. The summed E-state index contributed by atoms with van der Waals surface area (Å²) >= 11 is 0. The van der Waals surface area contributed by atoms with Gasteiger partial charge in [-0.3, -0.25) is 4.79 Å². The predicted octanol–water partition coefficient (Wildman–Crippen LogP) is 5.80. The van der Waals surface area contributed by atoms with E-state index in [-0.39, 0.29) is 12.0 Å². The first-order valence-electron chi connectivity index (χ1n) is 12.2. The Labute approximate surface area is 197 Å². The Balaban J connectivity index is 1.25. The lowest BCUT2D eigenvalue weighted by molar-refractivity contribution is -0.143. The molecule has 0 aromatic heterocycles. The van der Waals surface area contributed by atoms with Gasteiger partial charge in [-0.1, -0.05) is 42.5 Å². The van der Waals surface area contributed by atoms with Crippen molar-refractivity contribution in [3.63, 3.8) is 0 Å². The molecule has 1 aromatic rings. The largest absolute Gasteiger partial charge is 0.466 e. The van der Waals surface area contributed by atoms with Crippen molar-refractivity contribution in [1.29, 1.82) is 0 Å². The molecular formula is C28H35NO4. The number of ether oxygens (including phenoxy) is 3. The summed E-state index contributed by atoms with van der Waals surface area (Å²) < 4.78 is 16.8. The molecule has 1 N–H and O–H groups in total. The van der Waals surface area contributed by atoms with Crippen LogP contribution in [-0.4, -0.2) is 24.7 Å². The van der Waals surface area contributed by atoms with Crippen LogP contribution in [0.4, 0.5) is 0 Å². The topological polar surface area (TPSA) is 56.8 Å². The molecule has 3 atom stereocenters. The van der Waals surface area contributed by atoms with Crippen LogP contribution in [0.2, 0.25) is 0 Å². The first-order valence-corrected chi connectivity index (χ1v) is 12.2. The van der Waals surface area contributed by atoms with E-state index in [4.69, 9.17) is 14.2 Å². The van der Waals surface area contributed by atoms with Gasteiger partial charge in [0.2, 0.25) is 0 Å². The Kier molecular flexibility index (Phi) is 8.05. The molecule has 0 amide bonds. The van der Waals surface area contributed by atoms with Crippen LogP contribution in [0.25, 0.3) is 0 Å². The van der Waals surface area contributed by atoms with Gasteiger partial charge in [0.1, 0.15) is 12.5 Å². The fraction of sp³-hybridized carbons (Fsp3) is 0.464. The molecule has 4 rings (SSSR count). The van der Waals surface area contributed by atoms with E-state index < -0.39 is 0 Å². The van der Waals surface area contributed by atoms with Crippen LogP contribution < -0.4 is 5.32 Å². The summed E-state index contributed by atoms with van der Waals surface area (Å²) in [5.74, 6) is 2.08. The summed E-state index contributed by atoms with van der Waals surface area (Å²) in [7, 11) is 0. The summed E-state index contributed by atoms with van der Waals surface area (Å²) in [5.41, 5.74) is 3.75. The third kappa shape index (κ3) is 6.38. The highest BCUT2D eigenvalue weighted by molar-refractivity contribution is 5.69. The predicted molar refractivity (Wildman–Crippen MR) is 129 cm³/mol. The summed E-state index contributed by atoms with van der Waals surface area (Å²) in [6.45, 7) is 4.42. The summed E-state index contributed by atoms with van der Waals surface area (Å²) in [6.07, 6.45) is 16.4. The number of hydrogen-bond acceptors (Lipinski definition) is 5. The van der Waals surface area contributed by atoms with Crippen LogP contribution in [0.3, 0.4) is 0 Å². The number of rotatable bonds is 9. The van der Waals surface area contributed by atoms with E-state index in [1.165, 1.54) is 23.1 Å². The standard InChI is InChI=1S/C28H35NO4/c1-3-32-28(30)16-11-21-9-12-22(13-10-21)24-14-15-25(17-24)29-20(2)26-18-31-19-27(33-26)23-7-5-4-6-8-23/h4-5,7,9-10,12-13,18-20,24-25,29H,3,6,8,11,14-17H2,1-2H3/t20?,24-,25-/m0/s1. The molecule has 1 aliphatic heterocycles. The first-order chi connectivity index (χ1) is 16.1. The van der Waals surface area contributed by atoms with Gasteiger partial charge in [-0.25, -0.2) is 0 Å². The van der Waals surface area contributed by atoms with Crippen molar-refractivity contribution < 1.29 is 19.0 Å². The van der Waals surface area contributed by atoms with E-state index in [9.17, 15) is 4.79 Å². The second-order valence-corrected chi connectivity index (χ2v) is 9.04. The average molecular weight is 450 g/mol. The number of carbonyl (C=O) groups is 1. The highest BCUT2D eigenvalue weighted by Gasteiger charge is 2.29. The molecule has 1 heterocycles. The third-order valence-electron chi connectivity index (χ3n) is 6.64. The molecule has 0 bridgehead atoms. The number of hydrogen-bond donors (Lipinski definition) is 1. The SMILES string of the molecule is CCOC(=O)CCc1ccc([C@H]2CC[C@H](NC(C)C3=COC=C(C4=CC=CCC4)O3)C2)cc1. The smallest absolute Gasteiger partial charge is 0.306 e. The molecule has 0 saturated heterocycles. The molecule has 5 heteroatoms. The van der Waals surface area contributed by atoms with Crippen molar-refractivity contribution in [1.82, 2.24) is 5.32 Å². The Hall–Kier alpha value is -2.79. The molecule has 33 heavy (non-hydrogen) atoms. The summed E-state index contributed by atoms with van der Waals surface area (Å²) in [6, 6.07) is 9.28. The summed E-state index contributed by atoms with van der Waals surface area (Å²) in [4.78, 5) is 11.6. The van der Waals surface area contributed by atoms with Gasteiger partial charge in [-0.2, -0.15) is 0 Å². The molecule has 5 nitrogen and oxygen atoms in total. The fourth-order valence-electron chi connectivity index (χ4n) is 4.78. The Morgan fingerprint density at radius 2 is 2.06 bits per heavy atom. The van der Waals surface area contributed by atoms with Gasteiger partial charge in [-0.15, -0.1) is 0 Å². The van der Waals surface area contributed by atoms with Gasteiger partial charge >= 0.3 is 5.97 Å². The number of nitrogens with one attached hydrogen (secondary N) is 1. The first kappa shape index (κ1) is 23.4. The zero-order valence-corrected chi connectivity index (χ0v) is 19.7. The molecule has 1 unspecified atom stereocenters. The minimum atomic E-state index is -0.127. The van der Waals surface area contributed by atoms with Gasteiger partial charge in [0, 0.05) is 12.5 Å². The van der Waals surface area contributed by atoms with Crippen LogP contribution in [0.1, 0.15) is 69.4 Å². The van der Waals surface area contributed by atoms with Crippen LogP contribution in [0.15, 0.2) is 72.1 Å². The highest BCUT2D eigenvalue weighted by atomic mass is 16.5. The normalized spacial score (nSPS) is 23.0. The maximum atomic E-state index is 11.6.